The van der Waals surface area contributed by atoms with Crippen molar-refractivity contribution in [2.24, 2.45) is 0 Å². The van der Waals surface area contributed by atoms with Crippen LogP contribution in [0.4, 0.5) is 0 Å². The van der Waals surface area contributed by atoms with Gasteiger partial charge in [0.15, 0.2) is 0 Å². The fourth-order valence-electron chi connectivity index (χ4n) is 2.36. The quantitative estimate of drug-likeness (QED) is 0.723. The molecular formula is C18H22. The van der Waals surface area contributed by atoms with Gasteiger partial charge in [0.05, 0.1) is 0 Å². The molecule has 0 atom stereocenters. The normalized spacial score (nSPS) is 10.7. The summed E-state index contributed by atoms with van der Waals surface area (Å²) in [6.07, 6.45) is 2.15. The summed E-state index contributed by atoms with van der Waals surface area (Å²) in [7, 11) is 0. The van der Waals surface area contributed by atoms with Crippen molar-refractivity contribution in [2.45, 2.75) is 40.5 Å². The minimum atomic E-state index is 1.04. The van der Waals surface area contributed by atoms with Crippen molar-refractivity contribution in [1.29, 1.82) is 0 Å². The molecule has 0 N–H and O–H groups in total. The Bertz CT molecular complexity index is 550. The molecule has 0 heteroatoms. The van der Waals surface area contributed by atoms with Crippen LogP contribution in [0.1, 0.15) is 40.3 Å². The molecule has 0 aliphatic heterocycles. The van der Waals surface area contributed by atoms with Gasteiger partial charge in [-0.15, -0.1) is 0 Å². The second kappa shape index (κ2) is 5.39. The van der Waals surface area contributed by atoms with E-state index in [9.17, 15) is 0 Å². The zero-order valence-corrected chi connectivity index (χ0v) is 11.9. The summed E-state index contributed by atoms with van der Waals surface area (Å²) in [5, 5.41) is 0. The summed E-state index contributed by atoms with van der Waals surface area (Å²) in [4.78, 5) is 0. The topological polar surface area (TPSA) is 0 Å². The van der Waals surface area contributed by atoms with Gasteiger partial charge in [0.25, 0.3) is 0 Å². The highest BCUT2D eigenvalue weighted by atomic mass is 14.1. The first-order valence-electron chi connectivity index (χ1n) is 6.74. The third kappa shape index (κ3) is 2.81. The van der Waals surface area contributed by atoms with Crippen LogP contribution in [0.3, 0.4) is 0 Å². The third-order valence-corrected chi connectivity index (χ3v) is 3.77. The van der Waals surface area contributed by atoms with Crippen LogP contribution >= 0.6 is 0 Å². The zero-order chi connectivity index (χ0) is 13.1. The highest BCUT2D eigenvalue weighted by Crippen LogP contribution is 2.17. The fourth-order valence-corrected chi connectivity index (χ4v) is 2.36. The number of benzene rings is 2. The molecule has 0 fully saturated rings. The number of hydrogen-bond donors (Lipinski definition) is 0. The summed E-state index contributed by atoms with van der Waals surface area (Å²) in [6.45, 7) is 8.77. The fraction of sp³-hybridized carbons (Fsp3) is 0.333. The average Bonchev–Trinajstić information content (AvgIpc) is 2.36. The molecule has 0 amide bonds. The Balaban J connectivity index is 2.25. The molecule has 0 aliphatic rings. The lowest BCUT2D eigenvalue weighted by Crippen LogP contribution is -1.94. The first-order valence-corrected chi connectivity index (χ1v) is 6.74. The molecule has 0 aliphatic carbocycles. The van der Waals surface area contributed by atoms with E-state index < -0.39 is 0 Å². The van der Waals surface area contributed by atoms with Crippen LogP contribution in [0.2, 0.25) is 0 Å². The molecule has 0 spiro atoms. The molecule has 0 saturated heterocycles. The standard InChI is InChI=1S/C18H22/c1-5-18-12-17(9-7-14(18)3)11-16-8-6-13(2)15(4)10-16/h6-10,12H,5,11H2,1-4H3. The summed E-state index contributed by atoms with van der Waals surface area (Å²) in [5.74, 6) is 0. The molecule has 0 bridgehead atoms. The lowest BCUT2D eigenvalue weighted by atomic mass is 9.97. The van der Waals surface area contributed by atoms with E-state index in [0.717, 1.165) is 12.8 Å². The van der Waals surface area contributed by atoms with Crippen molar-refractivity contribution in [3.8, 4) is 0 Å². The molecule has 0 saturated carbocycles. The van der Waals surface area contributed by atoms with Gasteiger partial charge < -0.3 is 0 Å². The van der Waals surface area contributed by atoms with E-state index in [0.29, 0.717) is 0 Å². The predicted octanol–water partition coefficient (Wildman–Crippen LogP) is 4.77. The van der Waals surface area contributed by atoms with Crippen LogP contribution in [0, 0.1) is 20.8 Å². The van der Waals surface area contributed by atoms with Gasteiger partial charge in [-0.25, -0.2) is 0 Å². The van der Waals surface area contributed by atoms with Crippen LogP contribution in [0.5, 0.6) is 0 Å². The Hall–Kier alpha value is -1.56. The summed E-state index contributed by atoms with van der Waals surface area (Å²) in [6, 6.07) is 13.6. The largest absolute Gasteiger partial charge is 0.0613 e. The van der Waals surface area contributed by atoms with E-state index in [1.165, 1.54) is 33.4 Å². The Morgan fingerprint density at radius 3 is 1.94 bits per heavy atom. The monoisotopic (exact) mass is 238 g/mol. The molecular weight excluding hydrogens is 216 g/mol. The minimum absolute atomic E-state index is 1.04. The molecule has 2 aromatic carbocycles. The molecule has 0 unspecified atom stereocenters. The second-order valence-corrected chi connectivity index (χ2v) is 5.21. The number of rotatable bonds is 3. The molecule has 0 radical (unpaired) electrons. The first kappa shape index (κ1) is 12.9. The van der Waals surface area contributed by atoms with Gasteiger partial charge in [-0.2, -0.15) is 0 Å². The SMILES string of the molecule is CCc1cc(Cc2ccc(C)c(C)c2)ccc1C. The molecule has 18 heavy (non-hydrogen) atoms. The highest BCUT2D eigenvalue weighted by Gasteiger charge is 2.01. The second-order valence-electron chi connectivity index (χ2n) is 5.21. The van der Waals surface area contributed by atoms with Crippen LogP contribution in [-0.4, -0.2) is 0 Å². The van der Waals surface area contributed by atoms with Crippen LogP contribution in [0.25, 0.3) is 0 Å². The van der Waals surface area contributed by atoms with E-state index >= 15 is 0 Å². The Labute approximate surface area is 111 Å². The maximum Gasteiger partial charge on any atom is -0.00256 e. The average molecular weight is 238 g/mol. The van der Waals surface area contributed by atoms with E-state index in [-0.39, 0.29) is 0 Å². The maximum absolute atomic E-state index is 2.35. The number of aryl methyl sites for hydroxylation is 4. The predicted molar refractivity (Wildman–Crippen MR) is 79.3 cm³/mol. The molecule has 2 aromatic rings. The van der Waals surface area contributed by atoms with Crippen molar-refractivity contribution in [1.82, 2.24) is 0 Å². The van der Waals surface area contributed by atoms with Crippen molar-refractivity contribution in [3.63, 3.8) is 0 Å². The van der Waals surface area contributed by atoms with Crippen molar-refractivity contribution in [3.05, 3.63) is 69.8 Å². The lowest BCUT2D eigenvalue weighted by Gasteiger charge is -2.09. The first-order chi connectivity index (χ1) is 8.60. The van der Waals surface area contributed by atoms with Gasteiger partial charge in [-0.3, -0.25) is 0 Å². The van der Waals surface area contributed by atoms with Gasteiger partial charge in [-0.1, -0.05) is 43.3 Å². The Morgan fingerprint density at radius 1 is 0.722 bits per heavy atom. The van der Waals surface area contributed by atoms with Crippen LogP contribution in [-0.2, 0) is 12.8 Å². The molecule has 0 aromatic heterocycles. The zero-order valence-electron chi connectivity index (χ0n) is 11.9. The smallest absolute Gasteiger partial charge is 0.00256 e. The van der Waals surface area contributed by atoms with Crippen molar-refractivity contribution >= 4 is 0 Å². The van der Waals surface area contributed by atoms with Gasteiger partial charge in [-0.05, 0) is 67.0 Å². The molecule has 0 nitrogen and oxygen atoms in total. The van der Waals surface area contributed by atoms with E-state index in [1.807, 2.05) is 0 Å². The van der Waals surface area contributed by atoms with Crippen LogP contribution in [0.15, 0.2) is 36.4 Å². The third-order valence-electron chi connectivity index (χ3n) is 3.77. The Kier molecular flexibility index (Phi) is 3.86. The molecule has 0 heterocycles. The lowest BCUT2D eigenvalue weighted by molar-refractivity contribution is 1.08. The van der Waals surface area contributed by atoms with Gasteiger partial charge in [0, 0.05) is 0 Å². The van der Waals surface area contributed by atoms with E-state index in [2.05, 4.69) is 64.1 Å². The summed E-state index contributed by atoms with van der Waals surface area (Å²) in [5.41, 5.74) is 8.45. The van der Waals surface area contributed by atoms with E-state index in [4.69, 9.17) is 0 Å². The van der Waals surface area contributed by atoms with Crippen molar-refractivity contribution < 1.29 is 0 Å². The van der Waals surface area contributed by atoms with Gasteiger partial charge in [0.1, 0.15) is 0 Å². The number of hydrogen-bond acceptors (Lipinski definition) is 0. The van der Waals surface area contributed by atoms with E-state index in [1.54, 1.807) is 0 Å². The summed E-state index contributed by atoms with van der Waals surface area (Å²) >= 11 is 0. The van der Waals surface area contributed by atoms with Gasteiger partial charge in [0.2, 0.25) is 0 Å². The Morgan fingerprint density at radius 2 is 1.33 bits per heavy atom. The molecule has 94 valence electrons. The highest BCUT2D eigenvalue weighted by molar-refractivity contribution is 5.36. The minimum Gasteiger partial charge on any atom is -0.0613 e. The maximum atomic E-state index is 2.35. The van der Waals surface area contributed by atoms with Crippen molar-refractivity contribution in [2.75, 3.05) is 0 Å². The van der Waals surface area contributed by atoms with Crippen LogP contribution < -0.4 is 0 Å². The summed E-state index contributed by atoms with van der Waals surface area (Å²) < 4.78 is 0. The molecule has 2 rings (SSSR count). The van der Waals surface area contributed by atoms with Gasteiger partial charge >= 0.3 is 0 Å².